The second kappa shape index (κ2) is 4.26. The molecule has 1 rings (SSSR count). The Morgan fingerprint density at radius 2 is 2.08 bits per heavy atom. The summed E-state index contributed by atoms with van der Waals surface area (Å²) in [5.41, 5.74) is 1.10. The molecule has 0 unspecified atom stereocenters. The van der Waals surface area contributed by atoms with Crippen molar-refractivity contribution in [2.45, 2.75) is 6.42 Å². The monoisotopic (exact) mass is 227 g/mol. The molecule has 0 spiro atoms. The van der Waals surface area contributed by atoms with Crippen molar-refractivity contribution in [3.63, 3.8) is 0 Å². The van der Waals surface area contributed by atoms with Crippen LogP contribution < -0.4 is 5.11 Å². The van der Waals surface area contributed by atoms with Gasteiger partial charge < -0.3 is 9.90 Å². The van der Waals surface area contributed by atoms with E-state index in [1.165, 1.54) is 0 Å². The zero-order valence-electron chi connectivity index (χ0n) is 6.42. The van der Waals surface area contributed by atoms with E-state index >= 15 is 0 Å². The number of carboxylic acid groups (broad SMARTS) is 1. The van der Waals surface area contributed by atoms with Gasteiger partial charge in [-0.25, -0.2) is 0 Å². The Morgan fingerprint density at radius 3 is 2.67 bits per heavy atom. The van der Waals surface area contributed by atoms with Crippen LogP contribution in [0, 0.1) is 0 Å². The summed E-state index contributed by atoms with van der Waals surface area (Å²) in [5, 5.41) is 11.3. The summed E-state index contributed by atoms with van der Waals surface area (Å²) in [4.78, 5) is 10.6. The number of hydrogen-bond acceptors (Lipinski definition) is 2. The van der Waals surface area contributed by atoms with Gasteiger partial charge >= 0.3 is 0 Å². The molecule has 0 aliphatic rings. The van der Waals surface area contributed by atoms with Gasteiger partial charge in [0.15, 0.2) is 0 Å². The Kier molecular flexibility index (Phi) is 3.29. The number of halogens is 1. The maximum absolute atomic E-state index is 10.6. The van der Waals surface area contributed by atoms with Crippen molar-refractivity contribution >= 4 is 21.9 Å². The molecule has 0 bridgehead atoms. The molecule has 0 N–H and O–H groups in total. The lowest BCUT2D eigenvalue weighted by Gasteiger charge is -2.07. The average molecular weight is 228 g/mol. The maximum atomic E-state index is 10.6. The Bertz CT molecular complexity index is 284. The predicted octanol–water partition coefficient (Wildman–Crippen LogP) is 0.987. The normalized spacial score (nSPS) is 9.75. The fraction of sp³-hybridized carbons (Fsp3) is 0.222. The smallest absolute Gasteiger partial charge is 0.0718 e. The van der Waals surface area contributed by atoms with Gasteiger partial charge in [0, 0.05) is 10.9 Å². The molecule has 0 radical (unpaired) electrons. The van der Waals surface area contributed by atoms with Crippen LogP contribution >= 0.6 is 15.9 Å². The quantitative estimate of drug-likeness (QED) is 0.723. The van der Waals surface area contributed by atoms with E-state index in [4.69, 9.17) is 0 Å². The van der Waals surface area contributed by atoms with Crippen LogP contribution in [0.25, 0.3) is 0 Å². The Labute approximate surface area is 79.3 Å². The van der Waals surface area contributed by atoms with Crippen LogP contribution in [0.2, 0.25) is 0 Å². The number of aromatic carboxylic acids is 1. The summed E-state index contributed by atoms with van der Waals surface area (Å²) in [6, 6.07) is 6.88. The summed E-state index contributed by atoms with van der Waals surface area (Å²) in [6.45, 7) is 0. The minimum atomic E-state index is -1.11. The number of carbonyl (C=O) groups is 1. The standard InChI is InChI=1S/C9H9BrO2/c10-6-5-7-3-1-2-4-8(7)9(11)12/h1-4H,5-6H2,(H,11,12)/p-1. The van der Waals surface area contributed by atoms with Gasteiger partial charge in [0.2, 0.25) is 0 Å². The molecule has 64 valence electrons. The zero-order chi connectivity index (χ0) is 8.97. The lowest BCUT2D eigenvalue weighted by molar-refractivity contribution is -0.255. The summed E-state index contributed by atoms with van der Waals surface area (Å²) < 4.78 is 0. The van der Waals surface area contributed by atoms with E-state index in [-0.39, 0.29) is 5.56 Å². The summed E-state index contributed by atoms with van der Waals surface area (Å²) >= 11 is 3.26. The number of alkyl halides is 1. The molecular weight excluding hydrogens is 220 g/mol. The van der Waals surface area contributed by atoms with E-state index in [0.717, 1.165) is 10.9 Å². The van der Waals surface area contributed by atoms with Crippen LogP contribution in [0.3, 0.4) is 0 Å². The van der Waals surface area contributed by atoms with Gasteiger partial charge in [-0.05, 0) is 12.0 Å². The Hall–Kier alpha value is -0.830. The minimum Gasteiger partial charge on any atom is -0.545 e. The van der Waals surface area contributed by atoms with E-state index in [1.807, 2.05) is 6.07 Å². The van der Waals surface area contributed by atoms with E-state index in [1.54, 1.807) is 18.2 Å². The molecule has 0 aliphatic heterocycles. The van der Waals surface area contributed by atoms with Gasteiger partial charge in [0.1, 0.15) is 0 Å². The number of aryl methyl sites for hydroxylation is 1. The molecule has 1 aromatic rings. The van der Waals surface area contributed by atoms with Gasteiger partial charge in [-0.1, -0.05) is 40.2 Å². The van der Waals surface area contributed by atoms with Crippen LogP contribution in [0.15, 0.2) is 24.3 Å². The van der Waals surface area contributed by atoms with E-state index in [2.05, 4.69) is 15.9 Å². The molecule has 2 nitrogen and oxygen atoms in total. The zero-order valence-corrected chi connectivity index (χ0v) is 8.00. The maximum Gasteiger partial charge on any atom is 0.0718 e. The number of rotatable bonds is 3. The number of benzene rings is 1. The molecule has 12 heavy (non-hydrogen) atoms. The number of hydrogen-bond donors (Lipinski definition) is 0. The summed E-state index contributed by atoms with van der Waals surface area (Å²) in [6.07, 6.45) is 0.712. The SMILES string of the molecule is O=C([O-])c1ccccc1CCBr. The molecule has 0 aromatic heterocycles. The fourth-order valence-electron chi connectivity index (χ4n) is 1.04. The van der Waals surface area contributed by atoms with Crippen LogP contribution in [0.1, 0.15) is 15.9 Å². The van der Waals surface area contributed by atoms with Crippen molar-refractivity contribution in [3.8, 4) is 0 Å². The molecule has 0 atom stereocenters. The van der Waals surface area contributed by atoms with Crippen molar-refractivity contribution in [3.05, 3.63) is 35.4 Å². The van der Waals surface area contributed by atoms with E-state index in [9.17, 15) is 9.90 Å². The van der Waals surface area contributed by atoms with Crippen molar-refractivity contribution < 1.29 is 9.90 Å². The largest absolute Gasteiger partial charge is 0.545 e. The number of carbonyl (C=O) groups excluding carboxylic acids is 1. The van der Waals surface area contributed by atoms with E-state index < -0.39 is 5.97 Å². The van der Waals surface area contributed by atoms with Gasteiger partial charge in [-0.15, -0.1) is 0 Å². The predicted molar refractivity (Wildman–Crippen MR) is 48.3 cm³/mol. The van der Waals surface area contributed by atoms with Crippen LogP contribution in [0.5, 0.6) is 0 Å². The first-order chi connectivity index (χ1) is 5.75. The van der Waals surface area contributed by atoms with E-state index in [0.29, 0.717) is 6.42 Å². The molecule has 0 fully saturated rings. The van der Waals surface area contributed by atoms with Crippen LogP contribution in [-0.4, -0.2) is 11.3 Å². The first kappa shape index (κ1) is 9.26. The highest BCUT2D eigenvalue weighted by atomic mass is 79.9. The Balaban J connectivity index is 3.00. The summed E-state index contributed by atoms with van der Waals surface area (Å²) in [7, 11) is 0. The van der Waals surface area contributed by atoms with Gasteiger partial charge in [0.25, 0.3) is 0 Å². The molecule has 0 aliphatic carbocycles. The van der Waals surface area contributed by atoms with Crippen molar-refractivity contribution in [1.82, 2.24) is 0 Å². The van der Waals surface area contributed by atoms with Crippen molar-refractivity contribution in [2.75, 3.05) is 5.33 Å². The molecule has 0 saturated heterocycles. The molecule has 0 saturated carbocycles. The molecular formula is C9H8BrO2-. The minimum absolute atomic E-state index is 0.289. The van der Waals surface area contributed by atoms with Crippen LogP contribution in [-0.2, 0) is 6.42 Å². The number of carboxylic acids is 1. The topological polar surface area (TPSA) is 40.1 Å². The first-order valence-electron chi connectivity index (χ1n) is 3.61. The third-order valence-corrected chi connectivity index (χ3v) is 2.00. The highest BCUT2D eigenvalue weighted by Crippen LogP contribution is 2.09. The van der Waals surface area contributed by atoms with Crippen LogP contribution in [0.4, 0.5) is 0 Å². The third kappa shape index (κ3) is 2.08. The fourth-order valence-corrected chi connectivity index (χ4v) is 1.47. The lowest BCUT2D eigenvalue weighted by atomic mass is 10.1. The second-order valence-electron chi connectivity index (χ2n) is 2.38. The molecule has 0 amide bonds. The molecule has 3 heteroatoms. The van der Waals surface area contributed by atoms with Gasteiger partial charge in [-0.3, -0.25) is 0 Å². The highest BCUT2D eigenvalue weighted by molar-refractivity contribution is 9.09. The second-order valence-corrected chi connectivity index (χ2v) is 3.18. The molecule has 0 heterocycles. The average Bonchev–Trinajstić information content (AvgIpc) is 2.05. The highest BCUT2D eigenvalue weighted by Gasteiger charge is 2.00. The molecule has 1 aromatic carbocycles. The first-order valence-corrected chi connectivity index (χ1v) is 4.73. The van der Waals surface area contributed by atoms with Gasteiger partial charge in [0.05, 0.1) is 5.97 Å². The van der Waals surface area contributed by atoms with Gasteiger partial charge in [-0.2, -0.15) is 0 Å². The van der Waals surface area contributed by atoms with Crippen molar-refractivity contribution in [1.29, 1.82) is 0 Å². The van der Waals surface area contributed by atoms with Crippen molar-refractivity contribution in [2.24, 2.45) is 0 Å². The lowest BCUT2D eigenvalue weighted by Crippen LogP contribution is -2.23. The third-order valence-electron chi connectivity index (χ3n) is 1.60. The summed E-state index contributed by atoms with van der Waals surface area (Å²) in [5.74, 6) is -1.11. The Morgan fingerprint density at radius 1 is 1.42 bits per heavy atom.